The van der Waals surface area contributed by atoms with Crippen molar-refractivity contribution in [2.75, 3.05) is 19.8 Å². The molecular weight excluding hydrogens is 151 g/mol. The van der Waals surface area contributed by atoms with E-state index in [-0.39, 0.29) is 19.5 Å². The lowest BCUT2D eigenvalue weighted by Crippen LogP contribution is -2.17. The minimum atomic E-state index is -0.489. The van der Waals surface area contributed by atoms with Crippen LogP contribution in [0.2, 0.25) is 0 Å². The highest BCUT2D eigenvalue weighted by molar-refractivity contribution is 4.90. The van der Waals surface area contributed by atoms with Crippen molar-refractivity contribution in [3.8, 4) is 0 Å². The van der Waals surface area contributed by atoms with Crippen LogP contribution in [-0.2, 0) is 0 Å². The van der Waals surface area contributed by atoms with E-state index in [1.807, 2.05) is 0 Å². The van der Waals surface area contributed by atoms with Crippen molar-refractivity contribution in [1.82, 2.24) is 5.32 Å². The Balaban J connectivity index is 3.30. The molecule has 0 spiro atoms. The Labute approximate surface area is 64.2 Å². The van der Waals surface area contributed by atoms with Gasteiger partial charge in [-0.15, -0.1) is 0 Å². The minimum absolute atomic E-state index is 0.155. The summed E-state index contributed by atoms with van der Waals surface area (Å²) >= 11 is 0. The maximum absolute atomic E-state index is 11.5. The van der Waals surface area contributed by atoms with Gasteiger partial charge in [0.05, 0.1) is 6.42 Å². The molecule has 0 rings (SSSR count). The van der Waals surface area contributed by atoms with Gasteiger partial charge < -0.3 is 5.32 Å². The van der Waals surface area contributed by atoms with E-state index in [9.17, 15) is 14.5 Å². The Hall–Kier alpha value is -1.13. The molecule has 64 valence electrons. The molecule has 0 fully saturated rings. The lowest BCUT2D eigenvalue weighted by Gasteiger charge is -2.03. The van der Waals surface area contributed by atoms with E-state index in [1.54, 1.807) is 0 Å². The molecule has 0 heterocycles. The first kappa shape index (κ1) is 9.87. The molecule has 0 aliphatic heterocycles. The predicted molar refractivity (Wildman–Crippen MR) is 39.6 cm³/mol. The van der Waals surface area contributed by atoms with Crippen LogP contribution < -0.4 is 5.32 Å². The number of hydrogen-bond donors (Lipinski definition) is 1. The second-order valence-electron chi connectivity index (χ2n) is 2.03. The van der Waals surface area contributed by atoms with Crippen LogP contribution in [0, 0.1) is 10.1 Å². The maximum Gasteiger partial charge on any atom is 0.209 e. The maximum atomic E-state index is 11.5. The van der Waals surface area contributed by atoms with Gasteiger partial charge in [0.25, 0.3) is 0 Å². The molecule has 4 nitrogen and oxygen atoms in total. The summed E-state index contributed by atoms with van der Waals surface area (Å²) in [5.41, 5.74) is 0.513. The van der Waals surface area contributed by atoms with Crippen molar-refractivity contribution >= 4 is 0 Å². The van der Waals surface area contributed by atoms with Gasteiger partial charge in [0.2, 0.25) is 6.54 Å². The van der Waals surface area contributed by atoms with Gasteiger partial charge in [-0.25, -0.2) is 4.39 Å². The van der Waals surface area contributed by atoms with E-state index < -0.39 is 11.6 Å². The molecule has 0 saturated heterocycles. The van der Waals surface area contributed by atoms with E-state index in [4.69, 9.17) is 0 Å². The Morgan fingerprint density at radius 1 is 1.73 bits per heavy atom. The molecule has 0 saturated carbocycles. The highest BCUT2D eigenvalue weighted by Gasteiger charge is 1.98. The zero-order chi connectivity index (χ0) is 8.69. The largest absolute Gasteiger partial charge is 0.386 e. The summed E-state index contributed by atoms with van der Waals surface area (Å²) in [6.45, 7) is 3.02. The third-order valence-electron chi connectivity index (χ3n) is 1.07. The standard InChI is InChI=1S/C6H11FN2O2/c1-6(8-4-3-7)2-5-9(10)11/h8H,1-5H2. The van der Waals surface area contributed by atoms with Gasteiger partial charge in [0.15, 0.2) is 0 Å². The van der Waals surface area contributed by atoms with E-state index in [0.29, 0.717) is 5.70 Å². The fourth-order valence-electron chi connectivity index (χ4n) is 0.539. The highest BCUT2D eigenvalue weighted by Crippen LogP contribution is 1.91. The van der Waals surface area contributed by atoms with Crippen LogP contribution in [0.3, 0.4) is 0 Å². The fourth-order valence-corrected chi connectivity index (χ4v) is 0.539. The van der Waals surface area contributed by atoms with E-state index in [2.05, 4.69) is 11.9 Å². The number of nitrogens with zero attached hydrogens (tertiary/aromatic N) is 1. The average molecular weight is 162 g/mol. The molecule has 1 N–H and O–H groups in total. The van der Waals surface area contributed by atoms with Crippen molar-refractivity contribution < 1.29 is 9.31 Å². The van der Waals surface area contributed by atoms with Crippen molar-refractivity contribution in [2.45, 2.75) is 6.42 Å². The molecule has 5 heteroatoms. The lowest BCUT2D eigenvalue weighted by atomic mass is 10.3. The van der Waals surface area contributed by atoms with Crippen molar-refractivity contribution in [1.29, 1.82) is 0 Å². The molecule has 0 bridgehead atoms. The predicted octanol–water partition coefficient (Wildman–Crippen LogP) is 0.726. The first-order chi connectivity index (χ1) is 5.16. The van der Waals surface area contributed by atoms with Gasteiger partial charge >= 0.3 is 0 Å². The Morgan fingerprint density at radius 3 is 2.82 bits per heavy atom. The second-order valence-corrected chi connectivity index (χ2v) is 2.03. The number of nitro groups is 1. The molecular formula is C6H11FN2O2. The summed E-state index contributed by atoms with van der Waals surface area (Å²) in [5.74, 6) is 0. The molecule has 0 aliphatic rings. The van der Waals surface area contributed by atoms with E-state index >= 15 is 0 Å². The number of hydrogen-bond acceptors (Lipinski definition) is 3. The second kappa shape index (κ2) is 5.64. The first-order valence-electron chi connectivity index (χ1n) is 3.26. The summed E-state index contributed by atoms with van der Waals surface area (Å²) in [5, 5.41) is 12.5. The van der Waals surface area contributed by atoms with Crippen LogP contribution in [0.4, 0.5) is 4.39 Å². The van der Waals surface area contributed by atoms with Gasteiger partial charge in [-0.1, -0.05) is 6.58 Å². The van der Waals surface area contributed by atoms with Crippen LogP contribution in [0.25, 0.3) is 0 Å². The monoisotopic (exact) mass is 162 g/mol. The number of alkyl halides is 1. The minimum Gasteiger partial charge on any atom is -0.386 e. The Kier molecular flexibility index (Phi) is 5.06. The number of halogens is 1. The van der Waals surface area contributed by atoms with Gasteiger partial charge in [0, 0.05) is 17.2 Å². The Bertz CT molecular complexity index is 150. The van der Waals surface area contributed by atoms with E-state index in [0.717, 1.165) is 0 Å². The molecule has 11 heavy (non-hydrogen) atoms. The summed E-state index contributed by atoms with van der Waals surface area (Å²) in [6.07, 6.45) is 0.257. The van der Waals surface area contributed by atoms with Crippen LogP contribution in [0.5, 0.6) is 0 Å². The van der Waals surface area contributed by atoms with Gasteiger partial charge in [-0.2, -0.15) is 0 Å². The number of nitrogens with one attached hydrogen (secondary N) is 1. The average Bonchev–Trinajstić information content (AvgIpc) is 1.97. The van der Waals surface area contributed by atoms with E-state index in [1.165, 1.54) is 0 Å². The van der Waals surface area contributed by atoms with Gasteiger partial charge in [-0.05, 0) is 0 Å². The smallest absolute Gasteiger partial charge is 0.209 e. The lowest BCUT2D eigenvalue weighted by molar-refractivity contribution is -0.479. The summed E-state index contributed by atoms with van der Waals surface area (Å²) in [7, 11) is 0. The van der Waals surface area contributed by atoms with Crippen molar-refractivity contribution in [3.63, 3.8) is 0 Å². The molecule has 0 aromatic heterocycles. The van der Waals surface area contributed by atoms with Crippen LogP contribution in [0.1, 0.15) is 6.42 Å². The first-order valence-corrected chi connectivity index (χ1v) is 3.26. The van der Waals surface area contributed by atoms with Gasteiger partial charge in [-0.3, -0.25) is 10.1 Å². The third kappa shape index (κ3) is 6.76. The van der Waals surface area contributed by atoms with Crippen LogP contribution in [0.15, 0.2) is 12.3 Å². The summed E-state index contributed by atoms with van der Waals surface area (Å²) in [4.78, 5) is 9.41. The molecule has 0 unspecified atom stereocenters. The molecule has 0 aromatic rings. The molecule has 0 amide bonds. The Morgan fingerprint density at radius 2 is 2.36 bits per heavy atom. The van der Waals surface area contributed by atoms with Crippen molar-refractivity contribution in [2.24, 2.45) is 0 Å². The zero-order valence-corrected chi connectivity index (χ0v) is 6.18. The number of rotatable bonds is 6. The SMILES string of the molecule is C=C(CC[N+](=O)[O-])NCCF. The summed E-state index contributed by atoms with van der Waals surface area (Å²) < 4.78 is 11.5. The fraction of sp³-hybridized carbons (Fsp3) is 0.667. The quantitative estimate of drug-likeness (QED) is 0.462. The molecule has 0 aliphatic carbocycles. The molecule has 0 radical (unpaired) electrons. The highest BCUT2D eigenvalue weighted by atomic mass is 19.1. The topological polar surface area (TPSA) is 55.2 Å². The summed E-state index contributed by atoms with van der Waals surface area (Å²) in [6, 6.07) is 0. The third-order valence-corrected chi connectivity index (χ3v) is 1.07. The zero-order valence-electron chi connectivity index (χ0n) is 6.18. The van der Waals surface area contributed by atoms with Gasteiger partial charge in [0.1, 0.15) is 6.67 Å². The van der Waals surface area contributed by atoms with Crippen molar-refractivity contribution in [3.05, 3.63) is 22.4 Å². The van der Waals surface area contributed by atoms with Crippen LogP contribution >= 0.6 is 0 Å². The molecule has 0 aromatic carbocycles. The normalized spacial score (nSPS) is 9.18. The molecule has 0 atom stereocenters. The van der Waals surface area contributed by atoms with Crippen LogP contribution in [-0.4, -0.2) is 24.7 Å².